The summed E-state index contributed by atoms with van der Waals surface area (Å²) in [6.45, 7) is 3.97. The van der Waals surface area contributed by atoms with Crippen molar-refractivity contribution in [3.63, 3.8) is 0 Å². The number of hydrogen-bond acceptors (Lipinski definition) is 2. The molecule has 2 rings (SSSR count). The molecule has 2 aromatic rings. The molecule has 20 heavy (non-hydrogen) atoms. The maximum atomic E-state index is 6.17. The van der Waals surface area contributed by atoms with Crippen molar-refractivity contribution in [2.45, 2.75) is 20.0 Å². The Morgan fingerprint density at radius 1 is 0.950 bits per heavy atom. The molecule has 0 aliphatic rings. The first-order valence-corrected chi connectivity index (χ1v) is 7.31. The van der Waals surface area contributed by atoms with Gasteiger partial charge in [0, 0.05) is 13.1 Å². The first-order chi connectivity index (χ1) is 9.70. The highest BCUT2D eigenvalue weighted by atomic mass is 35.5. The Kier molecular flexibility index (Phi) is 5.72. The maximum Gasteiger partial charge on any atom is 0.156 e. The number of ether oxygens (including phenoxy) is 1. The van der Waals surface area contributed by atoms with E-state index in [1.807, 2.05) is 37.3 Å². The van der Waals surface area contributed by atoms with Gasteiger partial charge >= 0.3 is 0 Å². The van der Waals surface area contributed by atoms with E-state index in [0.29, 0.717) is 28.9 Å². The van der Waals surface area contributed by atoms with Gasteiger partial charge < -0.3 is 10.1 Å². The van der Waals surface area contributed by atoms with Crippen LogP contribution in [0.5, 0.6) is 5.75 Å². The Morgan fingerprint density at radius 2 is 1.55 bits per heavy atom. The van der Waals surface area contributed by atoms with Crippen molar-refractivity contribution in [1.29, 1.82) is 0 Å². The molecule has 4 heteroatoms. The standard InChI is InChI=1S/C16H17Cl2NO/c1-2-20-16-14(17)8-13(9-15(16)18)11-19-10-12-6-4-3-5-7-12/h3-9,19H,2,10-11H2,1H3. The molecule has 0 aliphatic carbocycles. The molecule has 0 saturated carbocycles. The topological polar surface area (TPSA) is 21.3 Å². The van der Waals surface area contributed by atoms with Crippen LogP contribution in [0.1, 0.15) is 18.1 Å². The quantitative estimate of drug-likeness (QED) is 0.836. The number of hydrogen-bond donors (Lipinski definition) is 1. The van der Waals surface area contributed by atoms with Crippen molar-refractivity contribution in [2.24, 2.45) is 0 Å². The Labute approximate surface area is 129 Å². The summed E-state index contributed by atoms with van der Waals surface area (Å²) in [6, 6.07) is 14.0. The van der Waals surface area contributed by atoms with Gasteiger partial charge in [0.1, 0.15) is 0 Å². The number of halogens is 2. The third kappa shape index (κ3) is 4.14. The van der Waals surface area contributed by atoms with Crippen LogP contribution in [-0.2, 0) is 13.1 Å². The zero-order valence-electron chi connectivity index (χ0n) is 11.3. The van der Waals surface area contributed by atoms with Crippen LogP contribution >= 0.6 is 23.2 Å². The Morgan fingerprint density at radius 3 is 2.15 bits per heavy atom. The monoisotopic (exact) mass is 309 g/mol. The van der Waals surface area contributed by atoms with Crippen LogP contribution in [0, 0.1) is 0 Å². The van der Waals surface area contributed by atoms with E-state index >= 15 is 0 Å². The van der Waals surface area contributed by atoms with Crippen LogP contribution in [0.4, 0.5) is 0 Å². The number of rotatable bonds is 6. The molecule has 2 nitrogen and oxygen atoms in total. The molecule has 0 amide bonds. The lowest BCUT2D eigenvalue weighted by Gasteiger charge is -2.11. The fourth-order valence-electron chi connectivity index (χ4n) is 1.94. The minimum Gasteiger partial charge on any atom is -0.491 e. The van der Waals surface area contributed by atoms with E-state index in [-0.39, 0.29) is 0 Å². The predicted molar refractivity (Wildman–Crippen MR) is 84.6 cm³/mol. The highest BCUT2D eigenvalue weighted by Gasteiger charge is 2.09. The van der Waals surface area contributed by atoms with E-state index in [1.54, 1.807) is 0 Å². The lowest BCUT2D eigenvalue weighted by molar-refractivity contribution is 0.340. The summed E-state index contributed by atoms with van der Waals surface area (Å²) in [6.07, 6.45) is 0. The molecule has 1 N–H and O–H groups in total. The van der Waals surface area contributed by atoms with Gasteiger partial charge in [-0.15, -0.1) is 0 Å². The van der Waals surface area contributed by atoms with Crippen molar-refractivity contribution in [1.82, 2.24) is 5.32 Å². The molecule has 0 bridgehead atoms. The second-order valence-corrected chi connectivity index (χ2v) is 5.23. The van der Waals surface area contributed by atoms with Gasteiger partial charge in [-0.3, -0.25) is 0 Å². The zero-order chi connectivity index (χ0) is 14.4. The van der Waals surface area contributed by atoms with Gasteiger partial charge in [-0.05, 0) is 30.2 Å². The summed E-state index contributed by atoms with van der Waals surface area (Å²) in [5, 5.41) is 4.47. The van der Waals surface area contributed by atoms with Gasteiger partial charge in [0.15, 0.2) is 5.75 Å². The van der Waals surface area contributed by atoms with E-state index in [4.69, 9.17) is 27.9 Å². The predicted octanol–water partition coefficient (Wildman–Crippen LogP) is 4.68. The average molecular weight is 310 g/mol. The van der Waals surface area contributed by atoms with E-state index < -0.39 is 0 Å². The van der Waals surface area contributed by atoms with E-state index in [9.17, 15) is 0 Å². The summed E-state index contributed by atoms with van der Waals surface area (Å²) in [4.78, 5) is 0. The van der Waals surface area contributed by atoms with Gasteiger partial charge in [-0.25, -0.2) is 0 Å². The van der Waals surface area contributed by atoms with Crippen LogP contribution in [0.25, 0.3) is 0 Å². The fourth-order valence-corrected chi connectivity index (χ4v) is 2.59. The molecule has 0 aliphatic heterocycles. The van der Waals surface area contributed by atoms with Crippen molar-refractivity contribution >= 4 is 23.2 Å². The molecule has 0 spiro atoms. The smallest absolute Gasteiger partial charge is 0.156 e. The summed E-state index contributed by atoms with van der Waals surface area (Å²) in [5.41, 5.74) is 2.29. The Bertz CT molecular complexity index is 535. The van der Waals surface area contributed by atoms with Gasteiger partial charge in [-0.2, -0.15) is 0 Å². The molecule has 0 atom stereocenters. The molecule has 0 saturated heterocycles. The molecule has 0 aromatic heterocycles. The maximum absolute atomic E-state index is 6.17. The van der Waals surface area contributed by atoms with Crippen molar-refractivity contribution in [2.75, 3.05) is 6.61 Å². The van der Waals surface area contributed by atoms with Crippen LogP contribution in [-0.4, -0.2) is 6.61 Å². The van der Waals surface area contributed by atoms with Crippen LogP contribution in [0.3, 0.4) is 0 Å². The highest BCUT2D eigenvalue weighted by Crippen LogP contribution is 2.34. The van der Waals surface area contributed by atoms with Crippen molar-refractivity contribution < 1.29 is 4.74 Å². The second-order valence-electron chi connectivity index (χ2n) is 4.41. The van der Waals surface area contributed by atoms with Gasteiger partial charge in [0.2, 0.25) is 0 Å². The molecule has 106 valence electrons. The second kappa shape index (κ2) is 7.53. The summed E-state index contributed by atoms with van der Waals surface area (Å²) in [7, 11) is 0. The van der Waals surface area contributed by atoms with Crippen molar-refractivity contribution in [3.05, 3.63) is 63.6 Å². The molecule has 0 radical (unpaired) electrons. The van der Waals surface area contributed by atoms with Crippen LogP contribution in [0.15, 0.2) is 42.5 Å². The molecular weight excluding hydrogens is 293 g/mol. The minimum absolute atomic E-state index is 0.547. The molecule has 0 fully saturated rings. The summed E-state index contributed by atoms with van der Waals surface area (Å²) in [5.74, 6) is 0.558. The van der Waals surface area contributed by atoms with Crippen molar-refractivity contribution in [3.8, 4) is 5.75 Å². The fraction of sp³-hybridized carbons (Fsp3) is 0.250. The van der Waals surface area contributed by atoms with E-state index in [1.165, 1.54) is 5.56 Å². The number of benzene rings is 2. The van der Waals surface area contributed by atoms with E-state index in [0.717, 1.165) is 12.1 Å². The zero-order valence-corrected chi connectivity index (χ0v) is 12.8. The largest absolute Gasteiger partial charge is 0.491 e. The summed E-state index contributed by atoms with van der Waals surface area (Å²) >= 11 is 12.3. The normalized spacial score (nSPS) is 10.6. The Balaban J connectivity index is 1.96. The molecule has 0 unspecified atom stereocenters. The first-order valence-electron chi connectivity index (χ1n) is 6.56. The van der Waals surface area contributed by atoms with Gasteiger partial charge in [-0.1, -0.05) is 53.5 Å². The van der Waals surface area contributed by atoms with Crippen LogP contribution in [0.2, 0.25) is 10.0 Å². The number of nitrogens with one attached hydrogen (secondary N) is 1. The molecular formula is C16H17Cl2NO. The third-order valence-electron chi connectivity index (χ3n) is 2.85. The lowest BCUT2D eigenvalue weighted by atomic mass is 10.2. The Hall–Kier alpha value is -1.22. The molecule has 2 aromatic carbocycles. The van der Waals surface area contributed by atoms with Gasteiger partial charge in [0.25, 0.3) is 0 Å². The van der Waals surface area contributed by atoms with E-state index in [2.05, 4.69) is 17.4 Å². The molecule has 0 heterocycles. The van der Waals surface area contributed by atoms with Crippen LogP contribution < -0.4 is 10.1 Å². The lowest BCUT2D eigenvalue weighted by Crippen LogP contribution is -2.12. The van der Waals surface area contributed by atoms with Gasteiger partial charge in [0.05, 0.1) is 16.7 Å². The highest BCUT2D eigenvalue weighted by molar-refractivity contribution is 6.37. The SMILES string of the molecule is CCOc1c(Cl)cc(CNCc2ccccc2)cc1Cl. The first kappa shape index (κ1) is 15.2. The average Bonchev–Trinajstić information content (AvgIpc) is 2.44. The minimum atomic E-state index is 0.547. The summed E-state index contributed by atoms with van der Waals surface area (Å²) < 4.78 is 5.41. The third-order valence-corrected chi connectivity index (χ3v) is 3.41.